The van der Waals surface area contributed by atoms with Crippen molar-refractivity contribution < 1.29 is 53.2 Å². The fourth-order valence-corrected chi connectivity index (χ4v) is 4.71. The Kier molecular flexibility index (Phi) is 18.7. The van der Waals surface area contributed by atoms with Crippen molar-refractivity contribution in [1.82, 2.24) is 21.3 Å². The number of phenolic OH excluding ortho intramolecular Hbond substituents is 1. The van der Waals surface area contributed by atoms with Gasteiger partial charge in [0.1, 0.15) is 31.0 Å². The van der Waals surface area contributed by atoms with E-state index in [2.05, 4.69) is 31.5 Å². The zero-order chi connectivity index (χ0) is 39.3. The molecule has 17 nitrogen and oxygen atoms in total. The van der Waals surface area contributed by atoms with Crippen LogP contribution < -0.4 is 21.3 Å². The van der Waals surface area contributed by atoms with Crippen molar-refractivity contribution in [3.63, 3.8) is 0 Å². The van der Waals surface area contributed by atoms with Crippen molar-refractivity contribution >= 4 is 41.5 Å². The third-order valence-electron chi connectivity index (χ3n) is 7.31. The molecular formula is C36H48N6O11. The Bertz CT molecular complexity index is 1570. The number of azo groups is 1. The van der Waals surface area contributed by atoms with Gasteiger partial charge in [0.15, 0.2) is 6.04 Å². The molecule has 0 aliphatic carbocycles. The largest absolute Gasteiger partial charge is 0.508 e. The van der Waals surface area contributed by atoms with E-state index < -0.39 is 78.8 Å². The van der Waals surface area contributed by atoms with Gasteiger partial charge in [0.2, 0.25) is 23.6 Å². The summed E-state index contributed by atoms with van der Waals surface area (Å²) in [6, 6.07) is 10.7. The number of carbonyl (C=O) groups excluding carboxylic acids is 6. The van der Waals surface area contributed by atoms with E-state index in [1.54, 1.807) is 49.4 Å². The molecule has 0 saturated carbocycles. The monoisotopic (exact) mass is 740 g/mol. The molecule has 0 saturated heterocycles. The van der Waals surface area contributed by atoms with Crippen LogP contribution >= 0.6 is 0 Å². The van der Waals surface area contributed by atoms with Crippen LogP contribution in [-0.4, -0.2) is 102 Å². The number of rotatable bonds is 22. The molecule has 0 radical (unpaired) electrons. The van der Waals surface area contributed by atoms with Gasteiger partial charge in [-0.25, -0.2) is 4.79 Å². The summed E-state index contributed by atoms with van der Waals surface area (Å²) in [6.07, 6.45) is 0.0979. The average Bonchev–Trinajstić information content (AvgIpc) is 3.10. The second kappa shape index (κ2) is 22.8. The van der Waals surface area contributed by atoms with E-state index in [0.717, 1.165) is 0 Å². The van der Waals surface area contributed by atoms with Crippen LogP contribution in [0, 0.1) is 5.92 Å². The second-order valence-corrected chi connectivity index (χ2v) is 12.6. The molecule has 3 unspecified atom stereocenters. The molecule has 2 aromatic carbocycles. The standard InChI is InChI=1S/C36H48N6O11/c1-22(2)16-30(36(50)51)40-35(49)28(18-25-8-6-5-7-9-25)39-32(46)21-37-31(45)20-38-34(48)29(19-26-10-12-27(44)13-11-26)42-41-23(3)17-33(47)53-15-14-52-24(4)43/h5-13,22-23,28-30,44H,14-21H2,1-4H3,(H,37,45)(H,38,48)(H,39,46)(H,40,49)(H,50,51)/t23?,28-,29?,30?/m0/s1. The van der Waals surface area contributed by atoms with Crippen LogP contribution in [0.3, 0.4) is 0 Å². The lowest BCUT2D eigenvalue weighted by atomic mass is 10.0. The number of aliphatic carboxylic acids is 1. The van der Waals surface area contributed by atoms with Gasteiger partial charge >= 0.3 is 17.9 Å². The van der Waals surface area contributed by atoms with Gasteiger partial charge in [-0.05, 0) is 42.5 Å². The lowest BCUT2D eigenvalue weighted by molar-refractivity contribution is -0.151. The van der Waals surface area contributed by atoms with Gasteiger partial charge in [-0.3, -0.25) is 28.8 Å². The summed E-state index contributed by atoms with van der Waals surface area (Å²) in [7, 11) is 0. The van der Waals surface area contributed by atoms with E-state index in [0.29, 0.717) is 11.1 Å². The lowest BCUT2D eigenvalue weighted by Crippen LogP contribution is -2.54. The molecule has 6 N–H and O–H groups in total. The van der Waals surface area contributed by atoms with E-state index in [9.17, 15) is 43.8 Å². The summed E-state index contributed by atoms with van der Waals surface area (Å²) >= 11 is 0. The molecule has 17 heteroatoms. The third kappa shape index (κ3) is 18.3. The number of ether oxygens (including phenoxy) is 2. The Morgan fingerprint density at radius 1 is 0.717 bits per heavy atom. The fourth-order valence-electron chi connectivity index (χ4n) is 4.71. The molecule has 0 aromatic heterocycles. The van der Waals surface area contributed by atoms with Crippen LogP contribution in [0.1, 0.15) is 51.7 Å². The van der Waals surface area contributed by atoms with Gasteiger partial charge in [0, 0.05) is 19.8 Å². The Balaban J connectivity index is 2.00. The van der Waals surface area contributed by atoms with Gasteiger partial charge in [-0.1, -0.05) is 56.3 Å². The maximum absolute atomic E-state index is 13.1. The summed E-state index contributed by atoms with van der Waals surface area (Å²) in [5, 5.41) is 37.2. The van der Waals surface area contributed by atoms with E-state index >= 15 is 0 Å². The summed E-state index contributed by atoms with van der Waals surface area (Å²) in [5.41, 5.74) is 1.33. The molecule has 53 heavy (non-hydrogen) atoms. The van der Waals surface area contributed by atoms with E-state index in [1.807, 2.05) is 13.8 Å². The molecule has 0 bridgehead atoms. The Labute approximate surface area is 307 Å². The first kappa shape index (κ1) is 43.3. The molecule has 2 aromatic rings. The summed E-state index contributed by atoms with van der Waals surface area (Å²) in [5.74, 6) is -5.19. The van der Waals surface area contributed by atoms with Gasteiger partial charge in [-0.2, -0.15) is 10.2 Å². The Morgan fingerprint density at radius 3 is 1.96 bits per heavy atom. The molecular weight excluding hydrogens is 692 g/mol. The topological polar surface area (TPSA) is 251 Å². The van der Waals surface area contributed by atoms with E-state index in [4.69, 9.17) is 9.47 Å². The maximum atomic E-state index is 13.1. The number of phenols is 1. The van der Waals surface area contributed by atoms with Crippen molar-refractivity contribution in [2.75, 3.05) is 26.3 Å². The number of carboxylic acid groups (broad SMARTS) is 1. The van der Waals surface area contributed by atoms with Crippen LogP contribution in [0.25, 0.3) is 0 Å². The highest BCUT2D eigenvalue weighted by Gasteiger charge is 2.28. The molecule has 4 amide bonds. The Hall–Kier alpha value is -5.87. The highest BCUT2D eigenvalue weighted by Crippen LogP contribution is 2.14. The van der Waals surface area contributed by atoms with Crippen LogP contribution in [-0.2, 0) is 55.9 Å². The molecule has 2 rings (SSSR count). The minimum absolute atomic E-state index is 0.0144. The van der Waals surface area contributed by atoms with Crippen molar-refractivity contribution in [3.8, 4) is 5.75 Å². The van der Waals surface area contributed by atoms with E-state index in [-0.39, 0.29) is 50.6 Å². The first-order valence-corrected chi connectivity index (χ1v) is 17.0. The van der Waals surface area contributed by atoms with Crippen molar-refractivity contribution in [2.24, 2.45) is 16.1 Å². The second-order valence-electron chi connectivity index (χ2n) is 12.6. The number of amides is 4. The van der Waals surface area contributed by atoms with E-state index in [1.165, 1.54) is 19.1 Å². The Morgan fingerprint density at radius 2 is 1.34 bits per heavy atom. The molecule has 0 fully saturated rings. The zero-order valence-corrected chi connectivity index (χ0v) is 30.2. The quantitative estimate of drug-likeness (QED) is 0.0569. The summed E-state index contributed by atoms with van der Waals surface area (Å²) in [4.78, 5) is 86.4. The predicted molar refractivity (Wildman–Crippen MR) is 189 cm³/mol. The molecule has 0 heterocycles. The van der Waals surface area contributed by atoms with Crippen LogP contribution in [0.15, 0.2) is 64.8 Å². The van der Waals surface area contributed by atoms with Crippen LogP contribution in [0.4, 0.5) is 0 Å². The normalized spacial score (nSPS) is 13.2. The number of hydrogen-bond donors (Lipinski definition) is 6. The molecule has 0 aliphatic heterocycles. The first-order chi connectivity index (χ1) is 25.1. The zero-order valence-electron chi connectivity index (χ0n) is 30.2. The highest BCUT2D eigenvalue weighted by molar-refractivity contribution is 5.93. The summed E-state index contributed by atoms with van der Waals surface area (Å²) < 4.78 is 9.70. The number of carboxylic acids is 1. The minimum Gasteiger partial charge on any atom is -0.508 e. The third-order valence-corrected chi connectivity index (χ3v) is 7.31. The first-order valence-electron chi connectivity index (χ1n) is 17.0. The van der Waals surface area contributed by atoms with Crippen LogP contribution in [0.2, 0.25) is 0 Å². The van der Waals surface area contributed by atoms with Gasteiger partial charge < -0.3 is 41.0 Å². The summed E-state index contributed by atoms with van der Waals surface area (Å²) in [6.45, 7) is 5.12. The van der Waals surface area contributed by atoms with Gasteiger partial charge in [0.05, 0.1) is 25.6 Å². The molecule has 0 spiro atoms. The van der Waals surface area contributed by atoms with Crippen LogP contribution in [0.5, 0.6) is 5.75 Å². The minimum atomic E-state index is -1.21. The number of aromatic hydroxyl groups is 1. The van der Waals surface area contributed by atoms with Crippen molar-refractivity contribution in [2.45, 2.75) is 77.5 Å². The number of esters is 2. The van der Waals surface area contributed by atoms with Crippen molar-refractivity contribution in [3.05, 3.63) is 65.7 Å². The highest BCUT2D eigenvalue weighted by atomic mass is 16.6. The average molecular weight is 741 g/mol. The fraction of sp³-hybridized carbons (Fsp3) is 0.472. The number of nitrogens with zero attached hydrogens (tertiary/aromatic N) is 2. The smallest absolute Gasteiger partial charge is 0.326 e. The number of nitrogens with one attached hydrogen (secondary N) is 4. The maximum Gasteiger partial charge on any atom is 0.326 e. The molecule has 4 atom stereocenters. The predicted octanol–water partition coefficient (Wildman–Crippen LogP) is 1.22. The van der Waals surface area contributed by atoms with Gasteiger partial charge in [0.25, 0.3) is 0 Å². The number of carbonyl (C=O) groups is 7. The lowest BCUT2D eigenvalue weighted by Gasteiger charge is -2.22. The van der Waals surface area contributed by atoms with Gasteiger partial charge in [-0.15, -0.1) is 0 Å². The van der Waals surface area contributed by atoms with Crippen molar-refractivity contribution in [1.29, 1.82) is 0 Å². The number of hydrogen-bond acceptors (Lipinski definition) is 12. The SMILES string of the molecule is CC(=O)OCCOC(=O)CC(C)N=NC(Cc1ccc(O)cc1)C(=O)NCC(=O)NCC(=O)N[C@@H](Cc1ccccc1)C(=O)NC(CC(C)C)C(=O)O. The molecule has 288 valence electrons. The molecule has 0 aliphatic rings. The number of benzene rings is 2.